The van der Waals surface area contributed by atoms with Gasteiger partial charge in [0.2, 0.25) is 0 Å². The average Bonchev–Trinajstić information content (AvgIpc) is 3.41. The predicted octanol–water partition coefficient (Wildman–Crippen LogP) is 12.6. The minimum Gasteiger partial charge on any atom is -0.462 e. The monoisotopic (exact) mass is 653 g/mol. The first-order valence-electron chi connectivity index (χ1n) is 20.8. The Bertz CT molecular complexity index is 1010. The normalized spacial score (nSPS) is 33.9. The van der Waals surface area contributed by atoms with Gasteiger partial charge in [0.1, 0.15) is 6.10 Å². The van der Waals surface area contributed by atoms with Gasteiger partial charge in [0.15, 0.2) is 0 Å². The maximum atomic E-state index is 12.8. The zero-order valence-electron chi connectivity index (χ0n) is 31.9. The lowest BCUT2D eigenvalue weighted by Crippen LogP contribution is -2.56. The SMILES string of the molecule is C=C(CC[C@@H](C)[C@H]1CCC2C3CC=C4C[C@@H](OC(=O)CCCCCCCCCCCCCCC)CC[C@]4(C)C3C[C@@H](O)[C@@]21C)C(C)C. The highest BCUT2D eigenvalue weighted by molar-refractivity contribution is 5.69. The number of fused-ring (bicyclic) bond motifs is 5. The highest BCUT2D eigenvalue weighted by atomic mass is 16.5. The molecule has 0 saturated heterocycles. The van der Waals surface area contributed by atoms with Crippen LogP contribution in [-0.4, -0.2) is 23.3 Å². The van der Waals surface area contributed by atoms with Gasteiger partial charge in [0.25, 0.3) is 0 Å². The summed E-state index contributed by atoms with van der Waals surface area (Å²) in [6, 6.07) is 0. The van der Waals surface area contributed by atoms with Gasteiger partial charge < -0.3 is 9.84 Å². The standard InChI is InChI=1S/C44H76O3/c1-8-9-10-11-12-13-14-15-16-17-18-19-20-21-42(46)47-36-28-29-43(6)35(30-36)24-25-37-39-27-26-38(34(5)23-22-33(4)32(2)3)44(39,7)41(45)31-40(37)43/h24,32,34,36-41,45H,4,8-23,25-31H2,1-3,5-7H3/t34-,36+,37?,38-,39?,40?,41-,43+,44-/m1/s1. The number of aliphatic hydroxyl groups excluding tert-OH is 1. The maximum Gasteiger partial charge on any atom is 0.306 e. The topological polar surface area (TPSA) is 46.5 Å². The number of rotatable bonds is 20. The number of hydrogen-bond donors (Lipinski definition) is 1. The number of carbonyl (C=O) groups excluding carboxylic acids is 1. The van der Waals surface area contributed by atoms with E-state index in [9.17, 15) is 9.90 Å². The molecule has 1 N–H and O–H groups in total. The van der Waals surface area contributed by atoms with Crippen molar-refractivity contribution in [2.24, 2.45) is 46.3 Å². The van der Waals surface area contributed by atoms with Crippen molar-refractivity contribution in [1.29, 1.82) is 0 Å². The molecule has 0 spiro atoms. The number of ether oxygens (including phenoxy) is 1. The second kappa shape index (κ2) is 18.2. The summed E-state index contributed by atoms with van der Waals surface area (Å²) in [5.74, 6) is 3.64. The summed E-state index contributed by atoms with van der Waals surface area (Å²) in [6.07, 6.45) is 30.1. The second-order valence-electron chi connectivity index (χ2n) is 17.7. The van der Waals surface area contributed by atoms with Crippen LogP contribution in [-0.2, 0) is 9.53 Å². The van der Waals surface area contributed by atoms with Crippen molar-refractivity contribution in [3.8, 4) is 0 Å². The molecule has 0 heterocycles. The van der Waals surface area contributed by atoms with Gasteiger partial charge in [-0.1, -0.05) is 142 Å². The molecule has 0 aliphatic heterocycles. The fourth-order valence-electron chi connectivity index (χ4n) is 11.1. The summed E-state index contributed by atoms with van der Waals surface area (Å²) in [6.45, 7) is 18.5. The Labute approximate surface area is 291 Å². The lowest BCUT2D eigenvalue weighted by molar-refractivity contribution is -0.154. The second-order valence-corrected chi connectivity index (χ2v) is 17.7. The van der Waals surface area contributed by atoms with E-state index >= 15 is 0 Å². The molecule has 47 heavy (non-hydrogen) atoms. The largest absolute Gasteiger partial charge is 0.462 e. The fraction of sp³-hybridized carbons (Fsp3) is 0.886. The number of unbranched alkanes of at least 4 members (excludes halogenated alkanes) is 12. The van der Waals surface area contributed by atoms with Crippen LogP contribution in [0.3, 0.4) is 0 Å². The van der Waals surface area contributed by atoms with E-state index in [1.807, 2.05) is 0 Å². The van der Waals surface area contributed by atoms with E-state index in [1.54, 1.807) is 0 Å². The molecule has 0 aromatic heterocycles. The van der Waals surface area contributed by atoms with Crippen LogP contribution >= 0.6 is 0 Å². The Kier molecular flexibility index (Phi) is 15.0. The van der Waals surface area contributed by atoms with E-state index in [0.717, 1.165) is 51.4 Å². The summed E-state index contributed by atoms with van der Waals surface area (Å²) in [5.41, 5.74) is 3.07. The maximum absolute atomic E-state index is 12.8. The first kappa shape index (κ1) is 38.7. The highest BCUT2D eigenvalue weighted by Crippen LogP contribution is 2.67. The van der Waals surface area contributed by atoms with Crippen LogP contribution in [0.25, 0.3) is 0 Å². The summed E-state index contributed by atoms with van der Waals surface area (Å²) in [7, 11) is 0. The third-order valence-electron chi connectivity index (χ3n) is 14.4. The van der Waals surface area contributed by atoms with Crippen LogP contribution in [0.4, 0.5) is 0 Å². The van der Waals surface area contributed by atoms with Crippen LogP contribution < -0.4 is 0 Å². The number of allylic oxidation sites excluding steroid dienone is 2. The van der Waals surface area contributed by atoms with Gasteiger partial charge in [-0.15, -0.1) is 0 Å². The summed E-state index contributed by atoms with van der Waals surface area (Å²) < 4.78 is 6.09. The Balaban J connectivity index is 1.18. The van der Waals surface area contributed by atoms with E-state index in [0.29, 0.717) is 41.9 Å². The van der Waals surface area contributed by atoms with Gasteiger partial charge in [-0.2, -0.15) is 0 Å². The van der Waals surface area contributed by atoms with Crippen LogP contribution in [0.2, 0.25) is 0 Å². The molecule has 3 heteroatoms. The Morgan fingerprint density at radius 3 is 2.13 bits per heavy atom. The Morgan fingerprint density at radius 1 is 0.894 bits per heavy atom. The van der Waals surface area contributed by atoms with Crippen molar-refractivity contribution < 1.29 is 14.6 Å². The van der Waals surface area contributed by atoms with Gasteiger partial charge in [0.05, 0.1) is 6.10 Å². The lowest BCUT2D eigenvalue weighted by Gasteiger charge is -2.60. The third-order valence-corrected chi connectivity index (χ3v) is 14.4. The quantitative estimate of drug-likeness (QED) is 0.0808. The number of hydrogen-bond acceptors (Lipinski definition) is 3. The van der Waals surface area contributed by atoms with Crippen LogP contribution in [0.15, 0.2) is 23.8 Å². The summed E-state index contributed by atoms with van der Waals surface area (Å²) in [5, 5.41) is 11.9. The zero-order chi connectivity index (χ0) is 34.0. The third kappa shape index (κ3) is 9.58. The lowest BCUT2D eigenvalue weighted by atomic mass is 9.46. The molecule has 0 amide bonds. The first-order valence-corrected chi connectivity index (χ1v) is 20.8. The van der Waals surface area contributed by atoms with Gasteiger partial charge in [-0.25, -0.2) is 0 Å². The molecule has 270 valence electrons. The molecule has 3 saturated carbocycles. The predicted molar refractivity (Wildman–Crippen MR) is 199 cm³/mol. The van der Waals surface area contributed by atoms with Gasteiger partial charge >= 0.3 is 5.97 Å². The molecule has 3 unspecified atom stereocenters. The molecule has 0 aromatic carbocycles. The first-order chi connectivity index (χ1) is 22.5. The van der Waals surface area contributed by atoms with Crippen LogP contribution in [0, 0.1) is 46.3 Å². The molecule has 0 radical (unpaired) electrons. The van der Waals surface area contributed by atoms with Gasteiger partial charge in [0, 0.05) is 12.8 Å². The summed E-state index contributed by atoms with van der Waals surface area (Å²) >= 11 is 0. The molecule has 4 aliphatic rings. The van der Waals surface area contributed by atoms with Crippen molar-refractivity contribution in [3.63, 3.8) is 0 Å². The molecular weight excluding hydrogens is 576 g/mol. The molecule has 4 aliphatic carbocycles. The molecule has 0 aromatic rings. The molecule has 9 atom stereocenters. The molecule has 4 rings (SSSR count). The minimum absolute atomic E-state index is 0.0166. The Morgan fingerprint density at radius 2 is 1.51 bits per heavy atom. The number of aliphatic hydroxyl groups is 1. The molecule has 3 nitrogen and oxygen atoms in total. The Hall–Kier alpha value is -1.09. The van der Waals surface area contributed by atoms with E-state index < -0.39 is 0 Å². The fourth-order valence-corrected chi connectivity index (χ4v) is 11.1. The average molecular weight is 653 g/mol. The number of carbonyl (C=O) groups is 1. The zero-order valence-corrected chi connectivity index (χ0v) is 31.9. The van der Waals surface area contributed by atoms with Gasteiger partial charge in [-0.05, 0) is 104 Å². The molecule has 0 bridgehead atoms. The van der Waals surface area contributed by atoms with E-state index in [1.165, 1.54) is 101 Å². The van der Waals surface area contributed by atoms with Crippen molar-refractivity contribution in [2.45, 2.75) is 201 Å². The summed E-state index contributed by atoms with van der Waals surface area (Å²) in [4.78, 5) is 12.8. The van der Waals surface area contributed by atoms with E-state index in [4.69, 9.17) is 4.74 Å². The van der Waals surface area contributed by atoms with Gasteiger partial charge in [-0.3, -0.25) is 4.79 Å². The molecule has 3 fully saturated rings. The van der Waals surface area contributed by atoms with Crippen molar-refractivity contribution in [1.82, 2.24) is 0 Å². The van der Waals surface area contributed by atoms with Crippen LogP contribution in [0.5, 0.6) is 0 Å². The van der Waals surface area contributed by atoms with Crippen molar-refractivity contribution >= 4 is 5.97 Å². The van der Waals surface area contributed by atoms with Crippen molar-refractivity contribution in [3.05, 3.63) is 23.8 Å². The minimum atomic E-state index is -0.218. The number of esters is 1. The van der Waals surface area contributed by atoms with E-state index in [2.05, 4.69) is 54.2 Å². The molecular formula is C44H76O3. The van der Waals surface area contributed by atoms with Crippen LogP contribution in [0.1, 0.15) is 189 Å². The smallest absolute Gasteiger partial charge is 0.306 e. The highest BCUT2D eigenvalue weighted by Gasteiger charge is 2.62. The van der Waals surface area contributed by atoms with Crippen molar-refractivity contribution in [2.75, 3.05) is 0 Å². The van der Waals surface area contributed by atoms with E-state index in [-0.39, 0.29) is 29.0 Å².